The molecule has 3 rings (SSSR count). The molecule has 0 aliphatic carbocycles. The highest BCUT2D eigenvalue weighted by molar-refractivity contribution is 5.82. The second kappa shape index (κ2) is 5.71. The molecule has 0 spiro atoms. The second-order valence-electron chi connectivity index (χ2n) is 5.23. The van der Waals surface area contributed by atoms with Gasteiger partial charge in [-0.15, -0.1) is 0 Å². The van der Waals surface area contributed by atoms with Gasteiger partial charge in [0.05, 0.1) is 12.6 Å². The number of benzene rings is 1. The third kappa shape index (κ3) is 2.45. The van der Waals surface area contributed by atoms with E-state index in [1.54, 1.807) is 11.0 Å². The van der Waals surface area contributed by atoms with Crippen LogP contribution in [0.15, 0.2) is 24.3 Å². The molecule has 20 heavy (non-hydrogen) atoms. The van der Waals surface area contributed by atoms with Crippen LogP contribution in [0.5, 0.6) is 11.5 Å². The normalized spacial score (nSPS) is 25.4. The maximum absolute atomic E-state index is 12.5. The third-order valence-electron chi connectivity index (χ3n) is 3.90. The van der Waals surface area contributed by atoms with E-state index in [4.69, 9.17) is 9.47 Å². The molecular formula is C15H19NO4. The lowest BCUT2D eigenvalue weighted by molar-refractivity contribution is -0.146. The highest BCUT2D eigenvalue weighted by Crippen LogP contribution is 2.31. The van der Waals surface area contributed by atoms with Gasteiger partial charge in [0.25, 0.3) is 5.91 Å². The number of rotatable bonds is 2. The minimum absolute atomic E-state index is 0.00983. The Balaban J connectivity index is 1.72. The Morgan fingerprint density at radius 2 is 2.10 bits per heavy atom. The lowest BCUT2D eigenvalue weighted by Crippen LogP contribution is -2.53. The van der Waals surface area contributed by atoms with E-state index in [-0.39, 0.29) is 25.2 Å². The fourth-order valence-corrected chi connectivity index (χ4v) is 2.81. The topological polar surface area (TPSA) is 59.0 Å². The summed E-state index contributed by atoms with van der Waals surface area (Å²) in [5.74, 6) is 1.20. The molecule has 2 heterocycles. The van der Waals surface area contributed by atoms with Crippen molar-refractivity contribution in [1.29, 1.82) is 0 Å². The first-order valence-corrected chi connectivity index (χ1v) is 7.09. The van der Waals surface area contributed by atoms with Gasteiger partial charge in [0, 0.05) is 6.54 Å². The van der Waals surface area contributed by atoms with Crippen molar-refractivity contribution in [2.45, 2.75) is 31.4 Å². The van der Waals surface area contributed by atoms with Crippen molar-refractivity contribution in [2.24, 2.45) is 0 Å². The maximum Gasteiger partial charge on any atom is 0.267 e. The van der Waals surface area contributed by atoms with Gasteiger partial charge in [-0.3, -0.25) is 4.79 Å². The largest absolute Gasteiger partial charge is 0.485 e. The minimum Gasteiger partial charge on any atom is -0.485 e. The molecule has 2 atom stereocenters. The van der Waals surface area contributed by atoms with Gasteiger partial charge in [0.1, 0.15) is 6.61 Å². The summed E-state index contributed by atoms with van der Waals surface area (Å²) in [5.41, 5.74) is 0. The number of ether oxygens (including phenoxy) is 2. The molecule has 2 aliphatic rings. The van der Waals surface area contributed by atoms with E-state index in [2.05, 4.69) is 0 Å². The number of aliphatic hydroxyl groups is 1. The lowest BCUT2D eigenvalue weighted by atomic mass is 10.0. The molecule has 2 aliphatic heterocycles. The van der Waals surface area contributed by atoms with E-state index in [1.165, 1.54) is 0 Å². The van der Waals surface area contributed by atoms with Crippen LogP contribution in [0.4, 0.5) is 0 Å². The van der Waals surface area contributed by atoms with Crippen molar-refractivity contribution in [3.8, 4) is 11.5 Å². The quantitative estimate of drug-likeness (QED) is 0.882. The van der Waals surface area contributed by atoms with Crippen molar-refractivity contribution in [2.75, 3.05) is 19.8 Å². The second-order valence-corrected chi connectivity index (χ2v) is 5.23. The maximum atomic E-state index is 12.5. The average Bonchev–Trinajstić information content (AvgIpc) is 2.53. The molecule has 5 nitrogen and oxygen atoms in total. The summed E-state index contributed by atoms with van der Waals surface area (Å²) < 4.78 is 11.3. The van der Waals surface area contributed by atoms with Gasteiger partial charge in [-0.25, -0.2) is 0 Å². The molecule has 1 aromatic carbocycles. The number of fused-ring (bicyclic) bond motifs is 1. The van der Waals surface area contributed by atoms with E-state index in [9.17, 15) is 9.90 Å². The number of piperidine rings is 1. The first kappa shape index (κ1) is 13.2. The molecule has 1 N–H and O–H groups in total. The van der Waals surface area contributed by atoms with Crippen LogP contribution in [0.1, 0.15) is 19.3 Å². The average molecular weight is 277 g/mol. The number of aliphatic hydroxyl groups excluding tert-OH is 1. The third-order valence-corrected chi connectivity index (χ3v) is 3.90. The van der Waals surface area contributed by atoms with Gasteiger partial charge < -0.3 is 19.5 Å². The number of para-hydroxylation sites is 2. The summed E-state index contributed by atoms with van der Waals surface area (Å²) in [6, 6.07) is 7.27. The zero-order valence-corrected chi connectivity index (χ0v) is 11.3. The smallest absolute Gasteiger partial charge is 0.267 e. The van der Waals surface area contributed by atoms with Gasteiger partial charge in [-0.1, -0.05) is 12.1 Å². The Morgan fingerprint density at radius 3 is 2.90 bits per heavy atom. The number of amides is 1. The van der Waals surface area contributed by atoms with Gasteiger partial charge in [-0.2, -0.15) is 0 Å². The number of nitrogens with zero attached hydrogens (tertiary/aromatic N) is 1. The van der Waals surface area contributed by atoms with E-state index in [0.717, 1.165) is 19.3 Å². The number of carbonyl (C=O) groups excluding carboxylic acids is 1. The summed E-state index contributed by atoms with van der Waals surface area (Å²) >= 11 is 0. The SMILES string of the molecule is O=C([C@@H]1COc2ccccc2O1)N1CCCC[C@H]1CO. The molecule has 0 bridgehead atoms. The molecule has 0 radical (unpaired) electrons. The Kier molecular flexibility index (Phi) is 3.78. The molecule has 1 fully saturated rings. The molecule has 1 saturated heterocycles. The molecule has 0 aromatic heterocycles. The van der Waals surface area contributed by atoms with Crippen LogP contribution in [-0.2, 0) is 4.79 Å². The standard InChI is InChI=1S/C15H19NO4/c17-9-11-5-3-4-8-16(11)15(18)14-10-19-12-6-1-2-7-13(12)20-14/h1-2,6-7,11,14,17H,3-5,8-10H2/t11-,14-/m0/s1. The van der Waals surface area contributed by atoms with Gasteiger partial charge in [-0.05, 0) is 31.4 Å². The Labute approximate surface area is 118 Å². The molecule has 0 unspecified atom stereocenters. The number of hydrogen-bond acceptors (Lipinski definition) is 4. The Hall–Kier alpha value is -1.75. The van der Waals surface area contributed by atoms with Gasteiger partial charge >= 0.3 is 0 Å². The summed E-state index contributed by atoms with van der Waals surface area (Å²) in [4.78, 5) is 14.3. The minimum atomic E-state index is -0.614. The predicted octanol–water partition coefficient (Wildman–Crippen LogP) is 1.20. The van der Waals surface area contributed by atoms with Crippen LogP contribution in [0.25, 0.3) is 0 Å². The van der Waals surface area contributed by atoms with Gasteiger partial charge in [0.2, 0.25) is 6.10 Å². The monoisotopic (exact) mass is 277 g/mol. The first-order chi connectivity index (χ1) is 9.79. The van der Waals surface area contributed by atoms with Crippen molar-refractivity contribution in [3.05, 3.63) is 24.3 Å². The van der Waals surface area contributed by atoms with E-state index in [1.807, 2.05) is 18.2 Å². The lowest BCUT2D eigenvalue weighted by Gasteiger charge is -2.37. The summed E-state index contributed by atoms with van der Waals surface area (Å²) in [7, 11) is 0. The zero-order valence-electron chi connectivity index (χ0n) is 11.3. The van der Waals surface area contributed by atoms with Crippen molar-refractivity contribution in [3.63, 3.8) is 0 Å². The molecule has 108 valence electrons. The Morgan fingerprint density at radius 1 is 1.30 bits per heavy atom. The van der Waals surface area contributed by atoms with Gasteiger partial charge in [0.15, 0.2) is 11.5 Å². The number of carbonyl (C=O) groups is 1. The molecule has 1 aromatic rings. The number of likely N-dealkylation sites (tertiary alicyclic amines) is 1. The van der Waals surface area contributed by atoms with E-state index in [0.29, 0.717) is 18.0 Å². The fourth-order valence-electron chi connectivity index (χ4n) is 2.81. The van der Waals surface area contributed by atoms with Crippen molar-refractivity contribution >= 4 is 5.91 Å². The molecule has 5 heteroatoms. The van der Waals surface area contributed by atoms with Crippen LogP contribution in [0.3, 0.4) is 0 Å². The summed E-state index contributed by atoms with van der Waals surface area (Å²) in [6.07, 6.45) is 2.27. The zero-order chi connectivity index (χ0) is 13.9. The van der Waals surface area contributed by atoms with Crippen LogP contribution < -0.4 is 9.47 Å². The van der Waals surface area contributed by atoms with E-state index < -0.39 is 6.10 Å². The van der Waals surface area contributed by atoms with Crippen LogP contribution in [0.2, 0.25) is 0 Å². The molecule has 1 amide bonds. The fraction of sp³-hybridized carbons (Fsp3) is 0.533. The van der Waals surface area contributed by atoms with Crippen LogP contribution in [-0.4, -0.2) is 47.8 Å². The highest BCUT2D eigenvalue weighted by Gasteiger charge is 2.35. The summed E-state index contributed by atoms with van der Waals surface area (Å²) in [5, 5.41) is 9.40. The first-order valence-electron chi connectivity index (χ1n) is 7.09. The summed E-state index contributed by atoms with van der Waals surface area (Å²) in [6.45, 7) is 0.923. The Bertz CT molecular complexity index is 491. The van der Waals surface area contributed by atoms with Crippen molar-refractivity contribution < 1.29 is 19.4 Å². The predicted molar refractivity (Wildman–Crippen MR) is 72.8 cm³/mol. The van der Waals surface area contributed by atoms with Crippen LogP contribution >= 0.6 is 0 Å². The van der Waals surface area contributed by atoms with Crippen molar-refractivity contribution in [1.82, 2.24) is 4.90 Å². The number of hydrogen-bond donors (Lipinski definition) is 1. The molecule has 0 saturated carbocycles. The molecular weight excluding hydrogens is 258 g/mol. The van der Waals surface area contributed by atoms with E-state index >= 15 is 0 Å². The highest BCUT2D eigenvalue weighted by atomic mass is 16.6. The van der Waals surface area contributed by atoms with Crippen LogP contribution in [0, 0.1) is 0 Å².